The molecule has 0 radical (unpaired) electrons. The van der Waals surface area contributed by atoms with Crippen LogP contribution < -0.4 is 14.3 Å². The van der Waals surface area contributed by atoms with Crippen LogP contribution >= 0.6 is 0 Å². The van der Waals surface area contributed by atoms with Gasteiger partial charge in [-0.1, -0.05) is 0 Å². The lowest BCUT2D eigenvalue weighted by molar-refractivity contribution is -0.115. The molecule has 3 rings (SSSR count). The van der Waals surface area contributed by atoms with Gasteiger partial charge in [-0.2, -0.15) is 3.71 Å². The highest BCUT2D eigenvalue weighted by Gasteiger charge is 2.38. The largest absolute Gasteiger partial charge is 0.326 e. The van der Waals surface area contributed by atoms with Gasteiger partial charge < -0.3 is 10.6 Å². The van der Waals surface area contributed by atoms with Gasteiger partial charge in [0.15, 0.2) is 5.82 Å². The summed E-state index contributed by atoms with van der Waals surface area (Å²) >= 11 is 0. The fourth-order valence-corrected chi connectivity index (χ4v) is 6.74. The van der Waals surface area contributed by atoms with E-state index in [2.05, 4.69) is 10.6 Å². The molecule has 0 spiro atoms. The molecular weight excluding hydrogens is 504 g/mol. The second-order valence-electron chi connectivity index (χ2n) is 7.21. The summed E-state index contributed by atoms with van der Waals surface area (Å²) in [6.45, 7) is 2.49. The summed E-state index contributed by atoms with van der Waals surface area (Å²) in [6, 6.07) is 10.8. The van der Waals surface area contributed by atoms with Gasteiger partial charge in [0.25, 0.3) is 20.0 Å². The normalized spacial score (nSPS) is 11.5. The molecule has 0 saturated heterocycles. The summed E-state index contributed by atoms with van der Waals surface area (Å²) in [5.41, 5.74) is -0.442. The Morgan fingerprint density at radius 1 is 0.686 bits per heavy atom. The Morgan fingerprint density at radius 3 is 1.43 bits per heavy atom. The first-order valence-corrected chi connectivity index (χ1v) is 12.7. The fourth-order valence-electron chi connectivity index (χ4n) is 3.04. The van der Waals surface area contributed by atoms with Crippen LogP contribution in [0.5, 0.6) is 0 Å². The molecule has 2 amide bonds. The number of rotatable bonds is 7. The topological polar surface area (TPSA) is 130 Å². The number of halogens is 2. The van der Waals surface area contributed by atoms with Crippen LogP contribution in [0, 0.1) is 11.6 Å². The van der Waals surface area contributed by atoms with Crippen LogP contribution in [-0.4, -0.2) is 28.6 Å². The van der Waals surface area contributed by atoms with Crippen LogP contribution in [0.3, 0.4) is 0 Å². The van der Waals surface area contributed by atoms with Crippen molar-refractivity contribution in [3.05, 3.63) is 78.4 Å². The van der Waals surface area contributed by atoms with Crippen LogP contribution in [0.25, 0.3) is 0 Å². The van der Waals surface area contributed by atoms with Gasteiger partial charge in [-0.3, -0.25) is 9.59 Å². The van der Waals surface area contributed by atoms with E-state index in [1.165, 1.54) is 38.1 Å². The third-order valence-electron chi connectivity index (χ3n) is 4.49. The lowest BCUT2D eigenvalue weighted by atomic mass is 10.3. The molecule has 0 aromatic heterocycles. The van der Waals surface area contributed by atoms with Crippen molar-refractivity contribution in [3.63, 3.8) is 0 Å². The van der Waals surface area contributed by atoms with Crippen molar-refractivity contribution in [2.45, 2.75) is 23.6 Å². The second-order valence-corrected chi connectivity index (χ2v) is 11.0. The van der Waals surface area contributed by atoms with Crippen molar-refractivity contribution in [3.8, 4) is 0 Å². The lowest BCUT2D eigenvalue weighted by Crippen LogP contribution is -2.37. The predicted octanol–water partition coefficient (Wildman–Crippen LogP) is 3.47. The van der Waals surface area contributed by atoms with E-state index in [0.717, 1.165) is 30.3 Å². The average Bonchev–Trinajstić information content (AvgIpc) is 2.75. The molecule has 184 valence electrons. The Labute approximate surface area is 200 Å². The van der Waals surface area contributed by atoms with E-state index in [1.54, 1.807) is 0 Å². The molecule has 3 aromatic carbocycles. The van der Waals surface area contributed by atoms with Crippen molar-refractivity contribution in [2.24, 2.45) is 0 Å². The second kappa shape index (κ2) is 9.80. The standard InChI is InChI=1S/C22H19F2N3O6S2/c1-14(28)25-17-4-8-19(9-5-17)34(30,31)27(22-12-3-16(23)13-21(22)24)35(32,33)20-10-6-18(7-11-20)26-15(2)29/h3-13H,1-2H3,(H,25,28)(H,26,29). The number of nitrogens with zero attached hydrogens (tertiary/aromatic N) is 1. The quantitative estimate of drug-likeness (QED) is 0.488. The molecule has 0 aliphatic rings. The van der Waals surface area contributed by atoms with Crippen molar-refractivity contribution < 1.29 is 35.2 Å². The van der Waals surface area contributed by atoms with Crippen molar-refractivity contribution in [1.29, 1.82) is 0 Å². The number of carbonyl (C=O) groups excluding carboxylic acids is 2. The first-order valence-electron chi connectivity index (χ1n) is 9.83. The van der Waals surface area contributed by atoms with Crippen molar-refractivity contribution in [2.75, 3.05) is 14.3 Å². The zero-order valence-electron chi connectivity index (χ0n) is 18.3. The number of amides is 2. The summed E-state index contributed by atoms with van der Waals surface area (Å²) in [6.07, 6.45) is 0. The Hall–Kier alpha value is -3.84. The Balaban J connectivity index is 2.17. The van der Waals surface area contributed by atoms with Crippen molar-refractivity contribution >= 4 is 48.9 Å². The molecule has 0 unspecified atom stereocenters. The molecule has 3 aromatic rings. The molecular formula is C22H19F2N3O6S2. The van der Waals surface area contributed by atoms with E-state index in [4.69, 9.17) is 0 Å². The summed E-state index contributed by atoms with van der Waals surface area (Å²) in [5, 5.41) is 4.87. The Morgan fingerprint density at radius 2 is 1.09 bits per heavy atom. The van der Waals surface area contributed by atoms with Gasteiger partial charge in [0.2, 0.25) is 11.8 Å². The van der Waals surface area contributed by atoms with Crippen LogP contribution in [0.4, 0.5) is 25.8 Å². The predicted molar refractivity (Wildman–Crippen MR) is 125 cm³/mol. The van der Waals surface area contributed by atoms with Gasteiger partial charge in [0.1, 0.15) is 11.5 Å². The van der Waals surface area contributed by atoms with E-state index >= 15 is 0 Å². The van der Waals surface area contributed by atoms with Gasteiger partial charge in [-0.05, 0) is 60.7 Å². The molecule has 13 heteroatoms. The highest BCUT2D eigenvalue weighted by molar-refractivity contribution is 8.10. The molecule has 0 heterocycles. The fraction of sp³-hybridized carbons (Fsp3) is 0.0909. The third kappa shape index (κ3) is 5.63. The molecule has 2 N–H and O–H groups in total. The lowest BCUT2D eigenvalue weighted by Gasteiger charge is -2.24. The number of benzene rings is 3. The number of carbonyl (C=O) groups is 2. The zero-order chi connectivity index (χ0) is 26.0. The maximum absolute atomic E-state index is 14.7. The van der Waals surface area contributed by atoms with E-state index in [-0.39, 0.29) is 15.1 Å². The van der Waals surface area contributed by atoms with Gasteiger partial charge in [0, 0.05) is 31.3 Å². The number of sulfonamides is 2. The first-order chi connectivity index (χ1) is 16.3. The smallest absolute Gasteiger partial charge is 0.277 e. The number of hydrogen-bond acceptors (Lipinski definition) is 6. The first kappa shape index (κ1) is 25.8. The summed E-state index contributed by atoms with van der Waals surface area (Å²) in [4.78, 5) is 21.4. The van der Waals surface area contributed by atoms with Gasteiger partial charge in [-0.15, -0.1) is 0 Å². The molecule has 0 aliphatic carbocycles. The molecule has 0 bridgehead atoms. The van der Waals surface area contributed by atoms with Crippen LogP contribution in [0.15, 0.2) is 76.5 Å². The molecule has 35 heavy (non-hydrogen) atoms. The van der Waals surface area contributed by atoms with E-state index in [9.17, 15) is 35.2 Å². The number of hydrogen-bond donors (Lipinski definition) is 2. The summed E-state index contributed by atoms with van der Waals surface area (Å²) < 4.78 is 82.0. The molecule has 0 fully saturated rings. The van der Waals surface area contributed by atoms with Crippen LogP contribution in [-0.2, 0) is 29.6 Å². The molecule has 0 aliphatic heterocycles. The zero-order valence-corrected chi connectivity index (χ0v) is 20.0. The highest BCUT2D eigenvalue weighted by atomic mass is 32.3. The monoisotopic (exact) mass is 523 g/mol. The van der Waals surface area contributed by atoms with Gasteiger partial charge >= 0.3 is 0 Å². The Bertz CT molecular complexity index is 1400. The maximum Gasteiger partial charge on any atom is 0.277 e. The number of nitrogens with one attached hydrogen (secondary N) is 2. The minimum Gasteiger partial charge on any atom is -0.326 e. The van der Waals surface area contributed by atoms with Crippen LogP contribution in [0.2, 0.25) is 0 Å². The minimum atomic E-state index is -4.97. The molecule has 9 nitrogen and oxygen atoms in total. The average molecular weight is 524 g/mol. The Kier molecular flexibility index (Phi) is 7.22. The molecule has 0 saturated carbocycles. The third-order valence-corrected chi connectivity index (χ3v) is 8.67. The van der Waals surface area contributed by atoms with E-state index < -0.39 is 59.0 Å². The minimum absolute atomic E-state index is 0.129. The summed E-state index contributed by atoms with van der Waals surface area (Å²) in [5.74, 6) is -3.30. The van der Waals surface area contributed by atoms with E-state index in [0.29, 0.717) is 12.1 Å². The van der Waals surface area contributed by atoms with Crippen LogP contribution in [0.1, 0.15) is 13.8 Å². The molecule has 0 atom stereocenters. The summed E-state index contributed by atoms with van der Waals surface area (Å²) in [7, 11) is -9.94. The number of anilines is 3. The SMILES string of the molecule is CC(=O)Nc1ccc(S(=O)(=O)N(c2ccc(F)cc2F)S(=O)(=O)c2ccc(NC(C)=O)cc2)cc1. The van der Waals surface area contributed by atoms with E-state index in [1.807, 2.05) is 0 Å². The van der Waals surface area contributed by atoms with Crippen molar-refractivity contribution in [1.82, 2.24) is 0 Å². The van der Waals surface area contributed by atoms with Gasteiger partial charge in [0.05, 0.1) is 9.79 Å². The highest BCUT2D eigenvalue weighted by Crippen LogP contribution is 2.33. The van der Waals surface area contributed by atoms with Gasteiger partial charge in [-0.25, -0.2) is 25.6 Å². The maximum atomic E-state index is 14.7.